The average Bonchev–Trinajstić information content (AvgIpc) is 3.02. The normalized spacial score (nSPS) is 12.1. The third-order valence-corrected chi connectivity index (χ3v) is 5.98. The Labute approximate surface area is 234 Å². The van der Waals surface area contributed by atoms with Gasteiger partial charge in [0.25, 0.3) is 0 Å². The second kappa shape index (κ2) is 20.3. The smallest absolute Gasteiger partial charge is 0.164 e. The molecule has 1 unspecified atom stereocenters. The first-order valence-electron chi connectivity index (χ1n) is 13.6. The van der Waals surface area contributed by atoms with Crippen LogP contribution in [0.4, 0.5) is 0 Å². The van der Waals surface area contributed by atoms with Crippen LogP contribution < -0.4 is 22.5 Å². The molecule has 5 nitrogen and oxygen atoms in total. The molecular weight excluding hydrogens is 480 g/mol. The van der Waals surface area contributed by atoms with Crippen LogP contribution in [0.25, 0.3) is 0 Å². The number of hydrogen-bond acceptors (Lipinski definition) is 5. The molecule has 4 rings (SSSR count). The molecule has 3 aromatic carbocycles. The number of carbonyl (C=O) groups excluding carboxylic acids is 1. The van der Waals surface area contributed by atoms with Gasteiger partial charge in [0.2, 0.25) is 0 Å². The number of allylic oxidation sites excluding steroid dienone is 6. The third kappa shape index (κ3) is 13.6. The Kier molecular flexibility index (Phi) is 16.4. The van der Waals surface area contributed by atoms with Crippen LogP contribution in [0.3, 0.4) is 0 Å². The number of Topliss-reactive ketones (excluding diaryl/α,β-unsaturated/α-hetero) is 1. The zero-order chi connectivity index (χ0) is 28.0. The van der Waals surface area contributed by atoms with Crippen molar-refractivity contribution in [1.29, 1.82) is 0 Å². The maximum atomic E-state index is 11.8. The van der Waals surface area contributed by atoms with Gasteiger partial charge in [-0.3, -0.25) is 4.79 Å². The highest BCUT2D eigenvalue weighted by Gasteiger charge is 2.10. The number of nitrogens with one attached hydrogen (secondary N) is 1. The van der Waals surface area contributed by atoms with Crippen molar-refractivity contribution in [1.82, 2.24) is 5.32 Å². The van der Waals surface area contributed by atoms with Crippen molar-refractivity contribution in [3.8, 4) is 0 Å². The molecule has 39 heavy (non-hydrogen) atoms. The van der Waals surface area contributed by atoms with E-state index in [0.717, 1.165) is 36.9 Å². The highest BCUT2D eigenvalue weighted by Crippen LogP contribution is 2.19. The fourth-order valence-electron chi connectivity index (χ4n) is 3.90. The summed E-state index contributed by atoms with van der Waals surface area (Å²) in [6.45, 7) is 2.73. The second-order valence-electron chi connectivity index (χ2n) is 9.01. The Hall–Kier alpha value is -3.70. The Bertz CT molecular complexity index is 1120. The van der Waals surface area contributed by atoms with Crippen molar-refractivity contribution in [2.24, 2.45) is 17.2 Å². The summed E-state index contributed by atoms with van der Waals surface area (Å²) in [7, 11) is 0. The van der Waals surface area contributed by atoms with Gasteiger partial charge in [-0.05, 0) is 24.0 Å². The number of rotatable bonds is 12. The Morgan fingerprint density at radius 1 is 0.769 bits per heavy atom. The Balaban J connectivity index is 0.000000243. The summed E-state index contributed by atoms with van der Waals surface area (Å²) in [6, 6.07) is 31.0. The molecule has 0 amide bonds. The number of aryl methyl sites for hydroxylation is 1. The van der Waals surface area contributed by atoms with E-state index < -0.39 is 0 Å². The van der Waals surface area contributed by atoms with E-state index in [1.54, 1.807) is 0 Å². The van der Waals surface area contributed by atoms with Gasteiger partial charge >= 0.3 is 0 Å². The number of carbonyl (C=O) groups is 1. The van der Waals surface area contributed by atoms with Gasteiger partial charge in [-0.25, -0.2) is 0 Å². The van der Waals surface area contributed by atoms with E-state index in [1.165, 1.54) is 11.1 Å². The molecule has 0 bridgehead atoms. The van der Waals surface area contributed by atoms with Crippen LogP contribution in [0.2, 0.25) is 0 Å². The molecule has 5 heteroatoms. The van der Waals surface area contributed by atoms with Gasteiger partial charge in [0.15, 0.2) is 5.78 Å². The van der Waals surface area contributed by atoms with Crippen molar-refractivity contribution < 1.29 is 4.79 Å². The Morgan fingerprint density at radius 2 is 1.38 bits per heavy atom. The summed E-state index contributed by atoms with van der Waals surface area (Å²) >= 11 is 0. The summed E-state index contributed by atoms with van der Waals surface area (Å²) in [5.41, 5.74) is 20.1. The van der Waals surface area contributed by atoms with Gasteiger partial charge in [-0.15, -0.1) is 0 Å². The molecule has 1 atom stereocenters. The number of hydrogen-bond donors (Lipinski definition) is 4. The lowest BCUT2D eigenvalue weighted by molar-refractivity contribution is 0.0983. The number of benzene rings is 3. The first kappa shape index (κ1) is 31.5. The minimum atomic E-state index is 0.199. The van der Waals surface area contributed by atoms with E-state index in [-0.39, 0.29) is 5.78 Å². The molecule has 0 fully saturated rings. The van der Waals surface area contributed by atoms with Crippen LogP contribution in [0.15, 0.2) is 121 Å². The van der Waals surface area contributed by atoms with Crippen LogP contribution in [-0.2, 0) is 6.42 Å². The predicted octanol–water partition coefficient (Wildman–Crippen LogP) is 5.32. The molecule has 7 N–H and O–H groups in total. The summed E-state index contributed by atoms with van der Waals surface area (Å²) in [5.74, 6) is 0.199. The van der Waals surface area contributed by atoms with Crippen LogP contribution in [0.1, 0.15) is 46.8 Å². The number of nitrogens with two attached hydrogens (primary N) is 3. The van der Waals surface area contributed by atoms with Gasteiger partial charge in [0, 0.05) is 62.8 Å². The molecule has 0 saturated heterocycles. The minimum absolute atomic E-state index is 0.199. The fraction of sp³-hybridized carbons (Fsp3) is 0.265. The summed E-state index contributed by atoms with van der Waals surface area (Å²) in [5, 5.41) is 3.53. The average molecular weight is 524 g/mol. The van der Waals surface area contributed by atoms with Crippen LogP contribution in [-0.4, -0.2) is 32.0 Å². The van der Waals surface area contributed by atoms with Crippen molar-refractivity contribution in [2.45, 2.75) is 31.7 Å². The molecule has 0 saturated carbocycles. The first-order chi connectivity index (χ1) is 19.2. The molecular formula is C34H43N4O+. The van der Waals surface area contributed by atoms with Crippen LogP contribution in [0.5, 0.6) is 0 Å². The lowest BCUT2D eigenvalue weighted by Gasteiger charge is -2.19. The molecule has 0 heterocycles. The summed E-state index contributed by atoms with van der Waals surface area (Å²) in [6.07, 6.45) is 14.3. The van der Waals surface area contributed by atoms with Crippen LogP contribution in [0, 0.1) is 6.08 Å². The molecule has 204 valence electrons. The molecule has 0 aromatic heterocycles. The van der Waals surface area contributed by atoms with Gasteiger partial charge < -0.3 is 22.5 Å². The van der Waals surface area contributed by atoms with E-state index >= 15 is 0 Å². The lowest BCUT2D eigenvalue weighted by Crippen LogP contribution is -2.27. The zero-order valence-electron chi connectivity index (χ0n) is 22.8. The quantitative estimate of drug-likeness (QED) is 0.190. The monoisotopic (exact) mass is 523 g/mol. The number of ketones is 1. The lowest BCUT2D eigenvalue weighted by atomic mass is 9.99. The molecule has 3 aromatic rings. The first-order valence-corrected chi connectivity index (χ1v) is 13.6. The van der Waals surface area contributed by atoms with Gasteiger partial charge in [0.1, 0.15) is 12.2 Å². The Morgan fingerprint density at radius 3 is 1.95 bits per heavy atom. The molecule has 0 aliphatic heterocycles. The van der Waals surface area contributed by atoms with Gasteiger partial charge in [-0.1, -0.05) is 91.0 Å². The van der Waals surface area contributed by atoms with Crippen LogP contribution >= 0.6 is 0 Å². The van der Waals surface area contributed by atoms with E-state index in [2.05, 4.69) is 72.1 Å². The van der Waals surface area contributed by atoms with Crippen molar-refractivity contribution in [2.75, 3.05) is 26.2 Å². The highest BCUT2D eigenvalue weighted by atomic mass is 16.1. The molecule has 1 aliphatic carbocycles. The minimum Gasteiger partial charge on any atom is -0.329 e. The van der Waals surface area contributed by atoms with E-state index in [0.29, 0.717) is 32.1 Å². The van der Waals surface area contributed by atoms with E-state index in [1.807, 2.05) is 54.6 Å². The summed E-state index contributed by atoms with van der Waals surface area (Å²) < 4.78 is 0. The summed E-state index contributed by atoms with van der Waals surface area (Å²) in [4.78, 5) is 11.8. The topological polar surface area (TPSA) is 107 Å². The predicted molar refractivity (Wildman–Crippen MR) is 164 cm³/mol. The molecule has 1 aliphatic rings. The van der Waals surface area contributed by atoms with Crippen molar-refractivity contribution >= 4 is 5.78 Å². The van der Waals surface area contributed by atoms with Gasteiger partial charge in [-0.2, -0.15) is 0 Å². The van der Waals surface area contributed by atoms with Crippen molar-refractivity contribution in [3.05, 3.63) is 144 Å². The largest absolute Gasteiger partial charge is 0.329 e. The molecule has 0 radical (unpaired) electrons. The maximum Gasteiger partial charge on any atom is 0.164 e. The third-order valence-electron chi connectivity index (χ3n) is 5.98. The van der Waals surface area contributed by atoms with Crippen molar-refractivity contribution in [3.63, 3.8) is 0 Å². The SMILES string of the molecule is NCCN.NCCNC(CCc1ccccc1)c1ccccc1.O=C(CCC1=CC=C[C+]=C1)c1ccccc1. The fourth-order valence-corrected chi connectivity index (χ4v) is 3.90. The standard InChI is InChI=1S/C17H22N2.C15H13O.C2H8N2/c18-13-14-19-17(16-9-5-2-6-10-16)12-11-15-7-3-1-4-8-15;16-15(14-9-5-2-6-10-14)12-11-13-7-3-1-4-8-13;3-1-2-4/h1-10,17,19H,11-14,18H2;1-3,5-10H,11-12H2;1-4H2/q;+1;. The molecule has 0 spiro atoms. The van der Waals surface area contributed by atoms with Gasteiger partial charge in [0.05, 0.1) is 11.6 Å². The van der Waals surface area contributed by atoms with E-state index in [4.69, 9.17) is 17.2 Å². The highest BCUT2D eigenvalue weighted by molar-refractivity contribution is 5.96. The zero-order valence-corrected chi connectivity index (χ0v) is 22.8. The van der Waals surface area contributed by atoms with E-state index in [9.17, 15) is 4.79 Å². The maximum absolute atomic E-state index is 11.8. The second-order valence-corrected chi connectivity index (χ2v) is 9.01.